The topological polar surface area (TPSA) is 43.6 Å². The van der Waals surface area contributed by atoms with Gasteiger partial charge in [0.1, 0.15) is 16.8 Å². The molecule has 2 aromatic heterocycles. The molecule has 2 heterocycles. The zero-order chi connectivity index (χ0) is 14.3. The molecular formula is C13H10Cl2N4S. The molecule has 0 radical (unpaired) electrons. The Morgan fingerprint density at radius 1 is 1.10 bits per heavy atom. The van der Waals surface area contributed by atoms with Crippen LogP contribution in [0, 0.1) is 6.92 Å². The van der Waals surface area contributed by atoms with Gasteiger partial charge in [0, 0.05) is 11.1 Å². The van der Waals surface area contributed by atoms with Gasteiger partial charge in [0.05, 0.1) is 11.0 Å². The van der Waals surface area contributed by atoms with Crippen LogP contribution in [-0.2, 0) is 0 Å². The van der Waals surface area contributed by atoms with Gasteiger partial charge in [-0.05, 0) is 31.4 Å². The average Bonchev–Trinajstić information content (AvgIpc) is 2.73. The fraction of sp³-hybridized carbons (Fsp3) is 0.154. The van der Waals surface area contributed by atoms with Gasteiger partial charge in [-0.1, -0.05) is 35.0 Å². The van der Waals surface area contributed by atoms with Crippen molar-refractivity contribution in [3.63, 3.8) is 0 Å². The molecule has 0 saturated heterocycles. The minimum absolute atomic E-state index is 0.405. The molecule has 0 aliphatic heterocycles. The summed E-state index contributed by atoms with van der Waals surface area (Å²) in [5, 5.41) is 1.68. The third kappa shape index (κ3) is 2.37. The van der Waals surface area contributed by atoms with Crippen LogP contribution < -0.4 is 0 Å². The Labute approximate surface area is 130 Å². The summed E-state index contributed by atoms with van der Waals surface area (Å²) in [4.78, 5) is 13.1. The molecule has 0 fully saturated rings. The number of nitrogens with zero attached hydrogens (tertiary/aromatic N) is 4. The Kier molecular flexibility index (Phi) is 3.58. The van der Waals surface area contributed by atoms with Gasteiger partial charge >= 0.3 is 0 Å². The van der Waals surface area contributed by atoms with E-state index in [2.05, 4.69) is 15.0 Å². The molecule has 0 amide bonds. The second-order valence-electron chi connectivity index (χ2n) is 4.16. The number of hydrogen-bond acceptors (Lipinski definition) is 4. The normalized spacial score (nSPS) is 11.2. The molecule has 20 heavy (non-hydrogen) atoms. The lowest BCUT2D eigenvalue weighted by Gasteiger charge is -2.07. The highest BCUT2D eigenvalue weighted by Crippen LogP contribution is 2.25. The molecule has 3 aromatic rings. The van der Waals surface area contributed by atoms with E-state index in [0.717, 1.165) is 16.9 Å². The summed E-state index contributed by atoms with van der Waals surface area (Å²) in [5.74, 6) is 1.51. The molecule has 7 heteroatoms. The highest BCUT2D eigenvalue weighted by Gasteiger charge is 2.12. The molecule has 102 valence electrons. The van der Waals surface area contributed by atoms with Crippen LogP contribution in [0.2, 0.25) is 10.2 Å². The zero-order valence-corrected chi connectivity index (χ0v) is 13.1. The molecule has 0 unspecified atom stereocenters. The molecule has 0 bridgehead atoms. The fourth-order valence-corrected chi connectivity index (χ4v) is 2.82. The Morgan fingerprint density at radius 2 is 1.90 bits per heavy atom. The summed E-state index contributed by atoms with van der Waals surface area (Å²) in [6, 6.07) is 7.29. The Hall–Kier alpha value is -1.30. The summed E-state index contributed by atoms with van der Waals surface area (Å²) in [5.41, 5.74) is 1.77. The van der Waals surface area contributed by atoms with Crippen LogP contribution in [0.15, 0.2) is 29.4 Å². The first kappa shape index (κ1) is 13.7. The number of hydrogen-bond donors (Lipinski definition) is 0. The van der Waals surface area contributed by atoms with Crippen molar-refractivity contribution in [3.05, 3.63) is 40.3 Å². The predicted octanol–water partition coefficient (Wildman–Crippen LogP) is 4.15. The van der Waals surface area contributed by atoms with E-state index < -0.39 is 0 Å². The second kappa shape index (κ2) is 5.24. The lowest BCUT2D eigenvalue weighted by molar-refractivity contribution is 0.879. The van der Waals surface area contributed by atoms with Crippen molar-refractivity contribution in [2.75, 3.05) is 6.26 Å². The fourth-order valence-electron chi connectivity index (χ4n) is 2.05. The maximum absolute atomic E-state index is 6.07. The number of fused-ring (bicyclic) bond motifs is 1. The van der Waals surface area contributed by atoms with Gasteiger partial charge in [0.15, 0.2) is 5.16 Å². The van der Waals surface area contributed by atoms with Gasteiger partial charge in [-0.2, -0.15) is 0 Å². The minimum atomic E-state index is 0.405. The number of thioether (sulfide) groups is 1. The van der Waals surface area contributed by atoms with Gasteiger partial charge in [0.25, 0.3) is 0 Å². The van der Waals surface area contributed by atoms with Gasteiger partial charge < -0.3 is 0 Å². The molecule has 1 aromatic carbocycles. The van der Waals surface area contributed by atoms with Crippen LogP contribution in [0.5, 0.6) is 0 Å². The van der Waals surface area contributed by atoms with Crippen LogP contribution in [-0.4, -0.2) is 25.8 Å². The van der Waals surface area contributed by atoms with E-state index in [9.17, 15) is 0 Å². The summed E-state index contributed by atoms with van der Waals surface area (Å²) in [7, 11) is 0. The van der Waals surface area contributed by atoms with E-state index in [4.69, 9.17) is 23.2 Å². The lowest BCUT2D eigenvalue weighted by atomic mass is 10.3. The van der Waals surface area contributed by atoms with E-state index in [1.165, 1.54) is 11.8 Å². The molecule has 0 aliphatic carbocycles. The van der Waals surface area contributed by atoms with Gasteiger partial charge in [0.2, 0.25) is 0 Å². The van der Waals surface area contributed by atoms with Crippen LogP contribution in [0.25, 0.3) is 16.9 Å². The number of halogens is 2. The quantitative estimate of drug-likeness (QED) is 0.403. The monoisotopic (exact) mass is 324 g/mol. The van der Waals surface area contributed by atoms with Gasteiger partial charge in [-0.25, -0.2) is 15.0 Å². The maximum Gasteiger partial charge on any atom is 0.190 e. The number of imidazole rings is 1. The molecule has 3 rings (SSSR count). The molecular weight excluding hydrogens is 315 g/mol. The van der Waals surface area contributed by atoms with E-state index >= 15 is 0 Å². The third-order valence-corrected chi connectivity index (χ3v) is 3.83. The van der Waals surface area contributed by atoms with Crippen molar-refractivity contribution in [2.24, 2.45) is 0 Å². The molecule has 0 N–H and O–H groups in total. The minimum Gasteiger partial charge on any atom is -0.280 e. The predicted molar refractivity (Wildman–Crippen MR) is 83.2 cm³/mol. The molecule has 0 spiro atoms. The lowest BCUT2D eigenvalue weighted by Crippen LogP contribution is -2.02. The Morgan fingerprint density at radius 3 is 2.65 bits per heavy atom. The van der Waals surface area contributed by atoms with Crippen molar-refractivity contribution < 1.29 is 0 Å². The van der Waals surface area contributed by atoms with E-state index in [-0.39, 0.29) is 0 Å². The van der Waals surface area contributed by atoms with E-state index in [1.54, 1.807) is 6.07 Å². The van der Waals surface area contributed by atoms with Crippen LogP contribution in [0.4, 0.5) is 0 Å². The Balaban J connectivity index is 2.31. The van der Waals surface area contributed by atoms with Crippen molar-refractivity contribution in [1.29, 1.82) is 0 Å². The number of aromatic nitrogens is 4. The summed E-state index contributed by atoms with van der Waals surface area (Å²) >= 11 is 13.6. The van der Waals surface area contributed by atoms with E-state index in [0.29, 0.717) is 21.2 Å². The first-order chi connectivity index (χ1) is 9.58. The SMILES string of the molecule is CSc1nc(Cl)cc(-n2c(C)nc3ccc(Cl)cc32)n1. The van der Waals surface area contributed by atoms with Crippen LogP contribution in [0.3, 0.4) is 0 Å². The van der Waals surface area contributed by atoms with Crippen molar-refractivity contribution in [3.8, 4) is 5.82 Å². The second-order valence-corrected chi connectivity index (χ2v) is 5.76. The third-order valence-electron chi connectivity index (χ3n) is 2.86. The standard InChI is InChI=1S/C13H10Cl2N4S/c1-7-16-9-4-3-8(14)5-10(9)19(7)12-6-11(15)17-13(18-12)20-2/h3-6H,1-2H3. The number of rotatable bonds is 2. The summed E-state index contributed by atoms with van der Waals surface area (Å²) < 4.78 is 1.93. The molecule has 0 aliphatic rings. The Bertz CT molecular complexity index is 800. The largest absolute Gasteiger partial charge is 0.280 e. The number of aryl methyl sites for hydroxylation is 1. The maximum atomic E-state index is 6.07. The smallest absolute Gasteiger partial charge is 0.190 e. The molecule has 0 atom stereocenters. The average molecular weight is 325 g/mol. The van der Waals surface area contributed by atoms with Crippen LogP contribution in [0.1, 0.15) is 5.82 Å². The first-order valence-electron chi connectivity index (χ1n) is 5.82. The molecule has 4 nitrogen and oxygen atoms in total. The number of benzene rings is 1. The van der Waals surface area contributed by atoms with Gasteiger partial charge in [-0.3, -0.25) is 4.57 Å². The van der Waals surface area contributed by atoms with Crippen molar-refractivity contribution in [1.82, 2.24) is 19.5 Å². The highest BCUT2D eigenvalue weighted by atomic mass is 35.5. The highest BCUT2D eigenvalue weighted by molar-refractivity contribution is 7.98. The molecule has 0 saturated carbocycles. The van der Waals surface area contributed by atoms with E-state index in [1.807, 2.05) is 35.9 Å². The van der Waals surface area contributed by atoms with Crippen molar-refractivity contribution >= 4 is 46.0 Å². The van der Waals surface area contributed by atoms with Crippen molar-refractivity contribution in [2.45, 2.75) is 12.1 Å². The summed E-state index contributed by atoms with van der Waals surface area (Å²) in [6.45, 7) is 1.92. The first-order valence-corrected chi connectivity index (χ1v) is 7.80. The zero-order valence-electron chi connectivity index (χ0n) is 10.8. The summed E-state index contributed by atoms with van der Waals surface area (Å²) in [6.07, 6.45) is 1.91. The van der Waals surface area contributed by atoms with Crippen LogP contribution >= 0.6 is 35.0 Å². The van der Waals surface area contributed by atoms with Gasteiger partial charge in [-0.15, -0.1) is 0 Å².